The summed E-state index contributed by atoms with van der Waals surface area (Å²) in [4.78, 5) is 24.8. The molecule has 0 unspecified atom stereocenters. The van der Waals surface area contributed by atoms with E-state index in [1.807, 2.05) is 6.07 Å². The first-order valence-corrected chi connectivity index (χ1v) is 12.7. The molecule has 0 aliphatic carbocycles. The van der Waals surface area contributed by atoms with Gasteiger partial charge in [0.05, 0.1) is 14.2 Å². The highest BCUT2D eigenvalue weighted by Crippen LogP contribution is 2.32. The number of nitrogens with zero attached hydrogens (tertiary/aromatic N) is 1. The van der Waals surface area contributed by atoms with Crippen molar-refractivity contribution in [1.29, 1.82) is 0 Å². The van der Waals surface area contributed by atoms with Gasteiger partial charge in [-0.15, -0.1) is 11.3 Å². The molecule has 0 radical (unpaired) electrons. The first-order valence-electron chi connectivity index (χ1n) is 10.5. The molecule has 1 fully saturated rings. The molecule has 180 valence electrons. The van der Waals surface area contributed by atoms with Crippen LogP contribution in [0.2, 0.25) is 0 Å². The zero-order valence-electron chi connectivity index (χ0n) is 18.5. The van der Waals surface area contributed by atoms with E-state index in [1.165, 1.54) is 35.9 Å². The molecule has 11 heteroatoms. The molecule has 2 heterocycles. The Bertz CT molecular complexity index is 1350. The predicted octanol–water partition coefficient (Wildman–Crippen LogP) is 3.88. The smallest absolute Gasteiger partial charge is 0.348 e. The number of benzene rings is 2. The Morgan fingerprint density at radius 3 is 2.50 bits per heavy atom. The second-order valence-corrected chi connectivity index (χ2v) is 10.8. The van der Waals surface area contributed by atoms with Crippen LogP contribution in [0.3, 0.4) is 0 Å². The van der Waals surface area contributed by atoms with Crippen molar-refractivity contribution >= 4 is 49.0 Å². The molecule has 4 rings (SSSR count). The Morgan fingerprint density at radius 2 is 1.82 bits per heavy atom. The monoisotopic (exact) mass is 506 g/mol. The van der Waals surface area contributed by atoms with Crippen LogP contribution in [-0.4, -0.2) is 51.9 Å². The van der Waals surface area contributed by atoms with E-state index >= 15 is 0 Å². The van der Waals surface area contributed by atoms with Crippen LogP contribution in [0.5, 0.6) is 5.75 Å². The van der Waals surface area contributed by atoms with Gasteiger partial charge in [-0.05, 0) is 60.7 Å². The van der Waals surface area contributed by atoms with Crippen molar-refractivity contribution in [3.63, 3.8) is 0 Å². The Kier molecular flexibility index (Phi) is 6.87. The molecule has 8 nitrogen and oxygen atoms in total. The summed E-state index contributed by atoms with van der Waals surface area (Å²) in [7, 11) is -1.32. The van der Waals surface area contributed by atoms with E-state index in [4.69, 9.17) is 9.47 Å². The fourth-order valence-corrected chi connectivity index (χ4v) is 6.51. The second kappa shape index (κ2) is 9.69. The Labute approximate surface area is 200 Å². The van der Waals surface area contributed by atoms with Crippen molar-refractivity contribution in [2.45, 2.75) is 17.7 Å². The summed E-state index contributed by atoms with van der Waals surface area (Å²) >= 11 is 1.31. The molecule has 1 saturated heterocycles. The van der Waals surface area contributed by atoms with Crippen LogP contribution in [0.1, 0.15) is 22.5 Å². The molecule has 1 amide bonds. The topological polar surface area (TPSA) is 102 Å². The Hall–Kier alpha value is -3.02. The third-order valence-electron chi connectivity index (χ3n) is 5.74. The van der Waals surface area contributed by atoms with Crippen molar-refractivity contribution < 1.29 is 31.9 Å². The quantitative estimate of drug-likeness (QED) is 0.509. The summed E-state index contributed by atoms with van der Waals surface area (Å²) in [5.74, 6) is -1.59. The van der Waals surface area contributed by atoms with Crippen LogP contribution < -0.4 is 10.1 Å². The minimum atomic E-state index is -3.97. The fraction of sp³-hybridized carbons (Fsp3) is 0.304. The van der Waals surface area contributed by atoms with Crippen molar-refractivity contribution in [2.24, 2.45) is 5.92 Å². The minimum Gasteiger partial charge on any atom is -0.495 e. The van der Waals surface area contributed by atoms with Crippen LogP contribution in [0, 0.1) is 11.7 Å². The number of hydrogen-bond donors (Lipinski definition) is 1. The number of fused-ring (bicyclic) bond motifs is 1. The molecule has 1 aliphatic heterocycles. The lowest BCUT2D eigenvalue weighted by atomic mass is 9.97. The number of carbonyl (C=O) groups excluding carboxylic acids is 2. The summed E-state index contributed by atoms with van der Waals surface area (Å²) in [6, 6.07) is 10.4. The van der Waals surface area contributed by atoms with Crippen LogP contribution in [0.4, 0.5) is 10.1 Å². The number of nitrogens with one attached hydrogen (secondary N) is 1. The highest BCUT2D eigenvalue weighted by atomic mass is 32.2. The van der Waals surface area contributed by atoms with Gasteiger partial charge in [-0.3, -0.25) is 4.79 Å². The number of thiophene rings is 1. The largest absolute Gasteiger partial charge is 0.495 e. The van der Waals surface area contributed by atoms with Gasteiger partial charge < -0.3 is 14.8 Å². The summed E-state index contributed by atoms with van der Waals surface area (Å²) in [6.45, 7) is 0.262. The van der Waals surface area contributed by atoms with Crippen molar-refractivity contribution in [2.75, 3.05) is 32.6 Å². The molecular weight excluding hydrogens is 483 g/mol. The van der Waals surface area contributed by atoms with Gasteiger partial charge in [-0.25, -0.2) is 17.6 Å². The van der Waals surface area contributed by atoms with E-state index in [2.05, 4.69) is 5.32 Å². The number of piperidine rings is 1. The van der Waals surface area contributed by atoms with Crippen LogP contribution in [0.25, 0.3) is 10.1 Å². The van der Waals surface area contributed by atoms with Gasteiger partial charge in [0.25, 0.3) is 0 Å². The maximum atomic E-state index is 13.7. The zero-order chi connectivity index (χ0) is 24.5. The lowest BCUT2D eigenvalue weighted by molar-refractivity contribution is -0.120. The molecule has 1 N–H and O–H groups in total. The molecule has 2 aromatic carbocycles. The summed E-state index contributed by atoms with van der Waals surface area (Å²) in [5, 5.41) is 3.69. The lowest BCUT2D eigenvalue weighted by Crippen LogP contribution is -2.41. The zero-order valence-corrected chi connectivity index (χ0v) is 20.2. The van der Waals surface area contributed by atoms with Gasteiger partial charge in [-0.1, -0.05) is 0 Å². The number of rotatable bonds is 6. The number of anilines is 1. The normalized spacial score (nSPS) is 15.3. The van der Waals surface area contributed by atoms with Crippen molar-refractivity contribution in [3.8, 4) is 5.75 Å². The van der Waals surface area contributed by atoms with Crippen molar-refractivity contribution in [3.05, 3.63) is 53.2 Å². The number of hydrogen-bond acceptors (Lipinski definition) is 7. The highest BCUT2D eigenvalue weighted by Gasteiger charge is 2.34. The van der Waals surface area contributed by atoms with Crippen LogP contribution in [0.15, 0.2) is 47.4 Å². The van der Waals surface area contributed by atoms with Gasteiger partial charge in [0, 0.05) is 29.4 Å². The van der Waals surface area contributed by atoms with Gasteiger partial charge in [0.1, 0.15) is 21.3 Å². The van der Waals surface area contributed by atoms with Gasteiger partial charge in [0.2, 0.25) is 15.9 Å². The number of sulfonamides is 1. The standard InChI is InChI=1S/C23H23FN2O6S2/c1-31-18-5-3-16(24)13-21(18)34(29,30)26-9-7-14(8-10-26)22(27)25-17-4-6-19-15(11-17)12-20(33-19)23(28)32-2/h3-6,11-14H,7-10H2,1-2H3,(H,25,27). The van der Waals surface area contributed by atoms with E-state index in [-0.39, 0.29) is 35.6 Å². The molecule has 1 aliphatic rings. The van der Waals surface area contributed by atoms with E-state index in [1.54, 1.807) is 18.2 Å². The summed E-state index contributed by atoms with van der Waals surface area (Å²) in [5.41, 5.74) is 0.589. The summed E-state index contributed by atoms with van der Waals surface area (Å²) < 4.78 is 51.7. The molecule has 34 heavy (non-hydrogen) atoms. The first-order chi connectivity index (χ1) is 16.2. The molecular formula is C23H23FN2O6S2. The number of esters is 1. The van der Waals surface area contributed by atoms with E-state index in [9.17, 15) is 22.4 Å². The predicted molar refractivity (Wildman–Crippen MR) is 126 cm³/mol. The van der Waals surface area contributed by atoms with E-state index < -0.39 is 21.8 Å². The number of methoxy groups -OCH3 is 2. The van der Waals surface area contributed by atoms with Gasteiger partial charge in [0.15, 0.2) is 0 Å². The molecule has 1 aromatic heterocycles. The molecule has 3 aromatic rings. The number of ether oxygens (including phenoxy) is 2. The number of amides is 1. The molecule has 0 spiro atoms. The highest BCUT2D eigenvalue weighted by molar-refractivity contribution is 7.89. The molecule has 0 saturated carbocycles. The third-order valence-corrected chi connectivity index (χ3v) is 8.75. The van der Waals surface area contributed by atoms with Gasteiger partial charge >= 0.3 is 5.97 Å². The van der Waals surface area contributed by atoms with E-state index in [0.717, 1.165) is 22.2 Å². The van der Waals surface area contributed by atoms with Crippen molar-refractivity contribution in [1.82, 2.24) is 4.31 Å². The van der Waals surface area contributed by atoms with E-state index in [0.29, 0.717) is 23.4 Å². The second-order valence-electron chi connectivity index (χ2n) is 7.82. The Balaban J connectivity index is 1.42. The third kappa shape index (κ3) is 4.77. The molecule has 0 atom stereocenters. The average molecular weight is 507 g/mol. The fourth-order valence-electron chi connectivity index (χ4n) is 3.92. The number of carbonyl (C=O) groups is 2. The average Bonchev–Trinajstić information content (AvgIpc) is 3.27. The Morgan fingerprint density at radius 1 is 1.09 bits per heavy atom. The maximum Gasteiger partial charge on any atom is 0.348 e. The minimum absolute atomic E-state index is 0.0699. The van der Waals surface area contributed by atoms with Crippen LogP contribution in [-0.2, 0) is 19.6 Å². The summed E-state index contributed by atoms with van der Waals surface area (Å²) in [6.07, 6.45) is 0.658. The first kappa shape index (κ1) is 24.1. The van der Waals surface area contributed by atoms with Crippen LogP contribution >= 0.6 is 11.3 Å². The SMILES string of the molecule is COC(=O)c1cc2cc(NC(=O)C3CCN(S(=O)(=O)c4cc(F)ccc4OC)CC3)ccc2s1. The molecule has 0 bridgehead atoms. The maximum absolute atomic E-state index is 13.7. The van der Waals surface area contributed by atoms with Gasteiger partial charge in [-0.2, -0.15) is 4.31 Å². The lowest BCUT2D eigenvalue weighted by Gasteiger charge is -2.30. The number of halogens is 1.